The van der Waals surface area contributed by atoms with Gasteiger partial charge in [0.15, 0.2) is 5.03 Å². The van der Waals surface area contributed by atoms with Crippen LogP contribution in [0.2, 0.25) is 0 Å². The lowest BCUT2D eigenvalue weighted by Crippen LogP contribution is -2.42. The van der Waals surface area contributed by atoms with E-state index in [0.717, 1.165) is 11.3 Å². The van der Waals surface area contributed by atoms with E-state index in [-0.39, 0.29) is 17.6 Å². The molecule has 0 bridgehead atoms. The molecule has 2 aromatic rings. The smallest absolute Gasteiger partial charge is 0.317 e. The summed E-state index contributed by atoms with van der Waals surface area (Å²) in [6.45, 7) is 3.60. The Balaban J connectivity index is 1.57. The number of nitrogens with zero attached hydrogens (tertiary/aromatic N) is 4. The Bertz CT molecular complexity index is 936. The summed E-state index contributed by atoms with van der Waals surface area (Å²) in [6.07, 6.45) is 2.09. The average molecular weight is 422 g/mol. The Labute approximate surface area is 171 Å². The molecule has 1 saturated heterocycles. The number of nitrogens with one attached hydrogen (secondary N) is 1. The molecule has 0 unspecified atom stereocenters. The molecule has 0 atom stereocenters. The fourth-order valence-corrected chi connectivity index (χ4v) is 4.65. The van der Waals surface area contributed by atoms with Gasteiger partial charge >= 0.3 is 6.03 Å². The molecule has 9 nitrogen and oxygen atoms in total. The van der Waals surface area contributed by atoms with Gasteiger partial charge in [0.1, 0.15) is 11.6 Å². The number of methoxy groups -OCH3 is 1. The van der Waals surface area contributed by atoms with E-state index in [2.05, 4.69) is 10.3 Å². The van der Waals surface area contributed by atoms with Gasteiger partial charge in [-0.05, 0) is 31.0 Å². The van der Waals surface area contributed by atoms with Gasteiger partial charge in [0.25, 0.3) is 10.0 Å². The molecule has 3 rings (SSSR count). The van der Waals surface area contributed by atoms with Crippen LogP contribution in [-0.2, 0) is 23.6 Å². The summed E-state index contributed by atoms with van der Waals surface area (Å²) in [4.78, 5) is 18.3. The summed E-state index contributed by atoms with van der Waals surface area (Å²) >= 11 is 0. The number of benzene rings is 1. The highest BCUT2D eigenvalue weighted by atomic mass is 32.2. The van der Waals surface area contributed by atoms with Gasteiger partial charge in [-0.1, -0.05) is 12.1 Å². The maximum Gasteiger partial charge on any atom is 0.317 e. The number of carbonyl (C=O) groups is 1. The first-order valence-corrected chi connectivity index (χ1v) is 10.9. The largest absolute Gasteiger partial charge is 0.497 e. The van der Waals surface area contributed by atoms with Crippen LogP contribution in [0.1, 0.15) is 17.8 Å². The van der Waals surface area contributed by atoms with Crippen molar-refractivity contribution in [2.45, 2.75) is 24.9 Å². The molecule has 2 amide bonds. The van der Waals surface area contributed by atoms with Gasteiger partial charge in [-0.15, -0.1) is 0 Å². The molecule has 2 heterocycles. The van der Waals surface area contributed by atoms with Gasteiger partial charge in [0.05, 0.1) is 7.11 Å². The van der Waals surface area contributed by atoms with Gasteiger partial charge in [0, 0.05) is 46.0 Å². The maximum atomic E-state index is 12.9. The number of aromatic nitrogens is 2. The van der Waals surface area contributed by atoms with E-state index in [9.17, 15) is 13.2 Å². The van der Waals surface area contributed by atoms with Crippen LogP contribution >= 0.6 is 0 Å². The first kappa shape index (κ1) is 21.1. The second-order valence-corrected chi connectivity index (χ2v) is 8.87. The maximum absolute atomic E-state index is 12.9. The zero-order chi connectivity index (χ0) is 21.0. The van der Waals surface area contributed by atoms with Gasteiger partial charge in [-0.2, -0.15) is 4.31 Å². The van der Waals surface area contributed by atoms with E-state index in [1.165, 1.54) is 10.5 Å². The van der Waals surface area contributed by atoms with Crippen molar-refractivity contribution in [3.05, 3.63) is 41.9 Å². The second-order valence-electron chi connectivity index (χ2n) is 6.99. The van der Waals surface area contributed by atoms with Crippen LogP contribution in [0.4, 0.5) is 4.79 Å². The Kier molecular flexibility index (Phi) is 6.43. The molecule has 29 heavy (non-hydrogen) atoms. The number of imidazole rings is 1. The Hall–Kier alpha value is -2.59. The lowest BCUT2D eigenvalue weighted by Gasteiger charge is -2.22. The van der Waals surface area contributed by atoms with Crippen molar-refractivity contribution in [3.8, 4) is 5.75 Å². The van der Waals surface area contributed by atoms with Crippen LogP contribution in [0.3, 0.4) is 0 Å². The predicted octanol–water partition coefficient (Wildman–Crippen LogP) is 1.34. The molecule has 1 aliphatic heterocycles. The van der Waals surface area contributed by atoms with Gasteiger partial charge in [-0.3, -0.25) is 0 Å². The molecule has 1 aromatic heterocycles. The summed E-state index contributed by atoms with van der Waals surface area (Å²) in [5, 5.41) is 2.94. The second kappa shape index (κ2) is 8.83. The number of amides is 2. The number of ether oxygens (including phenoxy) is 1. The Morgan fingerprint density at radius 2 is 1.90 bits per heavy atom. The van der Waals surface area contributed by atoms with Gasteiger partial charge < -0.3 is 19.5 Å². The van der Waals surface area contributed by atoms with Crippen molar-refractivity contribution in [1.29, 1.82) is 0 Å². The Morgan fingerprint density at radius 1 is 1.17 bits per heavy atom. The lowest BCUT2D eigenvalue weighted by atomic mass is 10.2. The number of hydrogen-bond donors (Lipinski definition) is 1. The molecule has 1 fully saturated rings. The minimum atomic E-state index is -3.67. The molecule has 0 radical (unpaired) electrons. The van der Waals surface area contributed by atoms with Gasteiger partial charge in [0.2, 0.25) is 0 Å². The number of hydrogen-bond acceptors (Lipinski definition) is 5. The van der Waals surface area contributed by atoms with Crippen LogP contribution < -0.4 is 10.1 Å². The fourth-order valence-electron chi connectivity index (χ4n) is 3.15. The van der Waals surface area contributed by atoms with E-state index in [1.54, 1.807) is 30.5 Å². The number of sulfonamides is 1. The molecule has 1 N–H and O–H groups in total. The van der Waals surface area contributed by atoms with Crippen LogP contribution in [0.5, 0.6) is 5.75 Å². The number of rotatable bonds is 5. The molecule has 1 aliphatic rings. The van der Waals surface area contributed by atoms with Gasteiger partial charge in [-0.25, -0.2) is 18.2 Å². The van der Waals surface area contributed by atoms with Crippen LogP contribution in [0, 0.1) is 6.92 Å². The van der Waals surface area contributed by atoms with E-state index in [0.29, 0.717) is 38.4 Å². The third kappa shape index (κ3) is 4.88. The fraction of sp³-hybridized carbons (Fsp3) is 0.474. The summed E-state index contributed by atoms with van der Waals surface area (Å²) in [7, 11) is -0.299. The lowest BCUT2D eigenvalue weighted by molar-refractivity contribution is 0.200. The molecule has 1 aromatic carbocycles. The number of aryl methyl sites for hydroxylation is 2. The zero-order valence-electron chi connectivity index (χ0n) is 17.0. The van der Waals surface area contributed by atoms with E-state index < -0.39 is 10.0 Å². The van der Waals surface area contributed by atoms with E-state index >= 15 is 0 Å². The van der Waals surface area contributed by atoms with Crippen molar-refractivity contribution in [2.75, 3.05) is 33.3 Å². The van der Waals surface area contributed by atoms with E-state index in [4.69, 9.17) is 4.74 Å². The normalized spacial score (nSPS) is 15.8. The first-order chi connectivity index (χ1) is 13.8. The first-order valence-electron chi connectivity index (χ1n) is 9.47. The summed E-state index contributed by atoms with van der Waals surface area (Å²) in [5.41, 5.74) is 0.962. The molecule has 10 heteroatoms. The predicted molar refractivity (Wildman–Crippen MR) is 108 cm³/mol. The van der Waals surface area contributed by atoms with Crippen molar-refractivity contribution < 1.29 is 17.9 Å². The summed E-state index contributed by atoms with van der Waals surface area (Å²) < 4.78 is 34.0. The molecular weight excluding hydrogens is 394 g/mol. The van der Waals surface area contributed by atoms with Crippen LogP contribution in [0.25, 0.3) is 0 Å². The van der Waals surface area contributed by atoms with E-state index in [1.807, 2.05) is 24.3 Å². The molecule has 0 spiro atoms. The highest BCUT2D eigenvalue weighted by Gasteiger charge is 2.30. The van der Waals surface area contributed by atoms with Crippen molar-refractivity contribution in [3.63, 3.8) is 0 Å². The highest BCUT2D eigenvalue weighted by Crippen LogP contribution is 2.17. The third-order valence-electron chi connectivity index (χ3n) is 5.04. The molecule has 158 valence electrons. The zero-order valence-corrected chi connectivity index (χ0v) is 17.8. The SMILES string of the molecule is COc1ccc(CNC(=O)N2CCCN(S(=O)(=O)c3cn(C)c(C)n3)CC2)cc1. The van der Waals surface area contributed by atoms with Crippen LogP contribution in [-0.4, -0.2) is 66.5 Å². The minimum Gasteiger partial charge on any atom is -0.497 e. The van der Waals surface area contributed by atoms with Crippen molar-refractivity contribution in [1.82, 2.24) is 24.1 Å². The topological polar surface area (TPSA) is 96.8 Å². The molecular formula is C19H27N5O4S. The number of urea groups is 1. The average Bonchev–Trinajstić information content (AvgIpc) is 2.92. The summed E-state index contributed by atoms with van der Waals surface area (Å²) in [6, 6.07) is 7.27. The minimum absolute atomic E-state index is 0.0508. The van der Waals surface area contributed by atoms with Crippen LogP contribution in [0.15, 0.2) is 35.5 Å². The monoisotopic (exact) mass is 421 g/mol. The van der Waals surface area contributed by atoms with Crippen molar-refractivity contribution in [2.24, 2.45) is 7.05 Å². The quantitative estimate of drug-likeness (QED) is 0.786. The van der Waals surface area contributed by atoms with Crippen molar-refractivity contribution >= 4 is 16.1 Å². The Morgan fingerprint density at radius 3 is 2.52 bits per heavy atom. The molecule has 0 saturated carbocycles. The molecule has 0 aliphatic carbocycles. The standard InChI is InChI=1S/C19H27N5O4S/c1-15-21-18(14-22(15)2)29(26,27)24-10-4-9-23(11-12-24)19(25)20-13-16-5-7-17(28-3)8-6-16/h5-8,14H,4,9-13H2,1-3H3,(H,20,25). The summed E-state index contributed by atoms with van der Waals surface area (Å²) in [5.74, 6) is 1.40. The number of carbonyl (C=O) groups excluding carboxylic acids is 1. The highest BCUT2D eigenvalue weighted by molar-refractivity contribution is 7.89. The third-order valence-corrected chi connectivity index (χ3v) is 6.81.